The Bertz CT molecular complexity index is 1990. The van der Waals surface area contributed by atoms with Crippen molar-refractivity contribution in [1.82, 2.24) is 0 Å². The van der Waals surface area contributed by atoms with Crippen LogP contribution in [0.15, 0.2) is 66.7 Å². The summed E-state index contributed by atoms with van der Waals surface area (Å²) >= 11 is 0. The van der Waals surface area contributed by atoms with Crippen LogP contribution in [-0.4, -0.2) is 94.8 Å². The van der Waals surface area contributed by atoms with E-state index in [4.69, 9.17) is 28.8 Å². The number of carbonyl (C=O) groups excluding carboxylic acids is 5. The van der Waals surface area contributed by atoms with Crippen LogP contribution in [-0.2, 0) is 38.1 Å². The van der Waals surface area contributed by atoms with Crippen LogP contribution in [0.25, 0.3) is 0 Å². The summed E-state index contributed by atoms with van der Waals surface area (Å²) in [4.78, 5) is 63.8. The second-order valence-electron chi connectivity index (χ2n) is 22.9. The minimum atomic E-state index is -0.887. The number of carbonyl (C=O) groups is 5. The van der Waals surface area contributed by atoms with Crippen molar-refractivity contribution < 1.29 is 68.1 Å². The molecule has 4 atom stereocenters. The van der Waals surface area contributed by atoms with Gasteiger partial charge in [-0.25, -0.2) is 9.59 Å². The van der Waals surface area contributed by atoms with E-state index in [0.29, 0.717) is 61.7 Å². The molecule has 0 bridgehead atoms. The molecule has 0 fully saturated rings. The molecule has 0 aliphatic carbocycles. The van der Waals surface area contributed by atoms with Crippen molar-refractivity contribution in [1.29, 1.82) is 0 Å². The Morgan fingerprint density at radius 2 is 0.906 bits per heavy atom. The molecule has 0 aliphatic rings. The van der Waals surface area contributed by atoms with Gasteiger partial charge in [0.1, 0.15) is 25.6 Å². The summed E-state index contributed by atoms with van der Waals surface area (Å²) in [6.45, 7) is 7.45. The highest BCUT2D eigenvalue weighted by Gasteiger charge is 2.20. The van der Waals surface area contributed by atoms with Gasteiger partial charge in [0.15, 0.2) is 18.5 Å². The van der Waals surface area contributed by atoms with Crippen LogP contribution in [0.5, 0.6) is 0 Å². The summed E-state index contributed by atoms with van der Waals surface area (Å²) in [5.41, 5.74) is 1.52. The summed E-state index contributed by atoms with van der Waals surface area (Å²) < 4.78 is 27.6. The van der Waals surface area contributed by atoms with Gasteiger partial charge in [-0.1, -0.05) is 192 Å². The largest absolute Gasteiger partial charge is 0.512 e. The molecule has 0 heterocycles. The van der Waals surface area contributed by atoms with Crippen LogP contribution < -0.4 is 10.6 Å². The van der Waals surface area contributed by atoms with E-state index in [2.05, 4.69) is 67.9 Å². The summed E-state index contributed by atoms with van der Waals surface area (Å²) in [5, 5.41) is 43.8. The zero-order valence-electron chi connectivity index (χ0n) is 53.2. The highest BCUT2D eigenvalue weighted by Crippen LogP contribution is 2.23. The summed E-state index contributed by atoms with van der Waals surface area (Å²) in [7, 11) is 0. The number of hydrogen-bond donors (Lipinski definition) is 6. The summed E-state index contributed by atoms with van der Waals surface area (Å²) in [6, 6.07) is 5.00. The predicted molar refractivity (Wildman–Crippen MR) is 342 cm³/mol. The predicted octanol–water partition coefficient (Wildman–Crippen LogP) is 18.1. The standard InChI is InChI=1S/C69H116N2O14/c1-5-8-11-32-41-59(73)43-34-26-20-14-17-23-29-38-47-65(76)81-55-63(84-67(78)49-40-31-25-18-15-21-27-35-44-60(74)42-33-12-9-6-2)56-82-66(77)48-39-30-24-19-16-22-28-37-46-62(45-36-13-10-7-3)85-69(80)70-58-51-50-57(4)64(52-58)71-68(79)83-54-61(75)53-72/h26-28,34-35,37,50-53,59-60,62-63,72-75H,5-25,29-33,36,38-49,54-56H2,1-4H3,(H,70,80)(H,71,79)/b34-26-,35-27-,37-28+,61-53?. The first-order valence-electron chi connectivity index (χ1n) is 33.2. The molecule has 0 aliphatic heterocycles. The van der Waals surface area contributed by atoms with Crippen LogP contribution >= 0.6 is 0 Å². The molecule has 2 amide bonds. The van der Waals surface area contributed by atoms with Gasteiger partial charge in [0.05, 0.1) is 12.2 Å². The van der Waals surface area contributed by atoms with Crippen LogP contribution in [0.3, 0.4) is 0 Å². The van der Waals surface area contributed by atoms with Crippen LogP contribution in [0.4, 0.5) is 21.0 Å². The SMILES string of the molecule is CCCCCCC(O)C/C=C\CCCCCCCC(=O)OCC(COC(=O)CCCCCCC/C=C/CC(CCCCCC)OC(=O)Nc1ccc(C)c(NC(=O)OCC(O)=CO)c1)OC(=O)CCCCCCC/C=C\CC(O)CCCCCC. The second-order valence-corrected chi connectivity index (χ2v) is 22.9. The third-order valence-corrected chi connectivity index (χ3v) is 14.8. The summed E-state index contributed by atoms with van der Waals surface area (Å²) in [5.74, 6) is -1.66. The molecule has 486 valence electrons. The molecule has 1 aromatic rings. The lowest BCUT2D eigenvalue weighted by Crippen LogP contribution is -2.30. The van der Waals surface area contributed by atoms with Gasteiger partial charge in [-0.05, 0) is 121 Å². The number of hydrogen-bond acceptors (Lipinski definition) is 14. The second kappa shape index (κ2) is 55.2. The minimum absolute atomic E-state index is 0.173. The number of esters is 3. The molecule has 1 rings (SSSR count). The van der Waals surface area contributed by atoms with Crippen LogP contribution in [0.1, 0.15) is 277 Å². The maximum atomic E-state index is 13.0. The van der Waals surface area contributed by atoms with E-state index in [1.807, 2.05) is 0 Å². The molecule has 0 saturated heterocycles. The quantitative estimate of drug-likeness (QED) is 0.0117. The number of amides is 2. The third kappa shape index (κ3) is 48.5. The van der Waals surface area contributed by atoms with E-state index in [9.17, 15) is 39.3 Å². The average Bonchev–Trinajstić information content (AvgIpc) is 3.63. The fourth-order valence-corrected chi connectivity index (χ4v) is 9.50. The zero-order valence-corrected chi connectivity index (χ0v) is 53.2. The lowest BCUT2D eigenvalue weighted by Gasteiger charge is -2.18. The molecular weight excluding hydrogens is 1080 g/mol. The van der Waals surface area contributed by atoms with E-state index in [0.717, 1.165) is 154 Å². The highest BCUT2D eigenvalue weighted by atomic mass is 16.6. The molecule has 0 radical (unpaired) electrons. The number of aryl methyl sites for hydroxylation is 1. The van der Waals surface area contributed by atoms with Gasteiger partial charge in [-0.3, -0.25) is 25.0 Å². The molecular formula is C69H116N2O14. The number of ether oxygens (including phenoxy) is 5. The fraction of sp³-hybridized carbons (Fsp3) is 0.725. The number of benzene rings is 1. The third-order valence-electron chi connectivity index (χ3n) is 14.8. The maximum Gasteiger partial charge on any atom is 0.412 e. The van der Waals surface area contributed by atoms with Crippen molar-refractivity contribution in [2.24, 2.45) is 0 Å². The van der Waals surface area contributed by atoms with E-state index in [1.54, 1.807) is 25.1 Å². The van der Waals surface area contributed by atoms with Crippen molar-refractivity contribution in [3.05, 3.63) is 72.2 Å². The number of nitrogens with one attached hydrogen (secondary N) is 2. The van der Waals surface area contributed by atoms with Gasteiger partial charge < -0.3 is 44.1 Å². The molecule has 4 unspecified atom stereocenters. The maximum absolute atomic E-state index is 13.0. The van der Waals surface area contributed by atoms with Crippen molar-refractivity contribution in [3.8, 4) is 0 Å². The Hall–Kier alpha value is -5.35. The van der Waals surface area contributed by atoms with Gasteiger partial charge in [0.2, 0.25) is 0 Å². The Morgan fingerprint density at radius 1 is 0.471 bits per heavy atom. The minimum Gasteiger partial charge on any atom is -0.512 e. The normalized spacial score (nSPS) is 13.2. The number of aliphatic hydroxyl groups is 4. The Balaban J connectivity index is 2.54. The lowest BCUT2D eigenvalue weighted by atomic mass is 10.1. The molecule has 0 aromatic heterocycles. The van der Waals surface area contributed by atoms with Crippen molar-refractivity contribution in [2.45, 2.75) is 303 Å². The molecule has 1 aromatic carbocycles. The van der Waals surface area contributed by atoms with E-state index in [1.165, 1.54) is 38.5 Å². The number of allylic oxidation sites excluding steroid dienone is 3. The molecule has 6 N–H and O–H groups in total. The molecule has 85 heavy (non-hydrogen) atoms. The highest BCUT2D eigenvalue weighted by molar-refractivity contribution is 5.89. The summed E-state index contributed by atoms with van der Waals surface area (Å²) in [6.07, 6.45) is 45.4. The van der Waals surface area contributed by atoms with E-state index in [-0.39, 0.29) is 62.7 Å². The van der Waals surface area contributed by atoms with Gasteiger partial charge in [-0.2, -0.15) is 0 Å². The zero-order chi connectivity index (χ0) is 62.2. The van der Waals surface area contributed by atoms with Gasteiger partial charge in [0, 0.05) is 37.1 Å². The van der Waals surface area contributed by atoms with Crippen LogP contribution in [0.2, 0.25) is 0 Å². The van der Waals surface area contributed by atoms with E-state index < -0.39 is 36.6 Å². The number of rotatable bonds is 55. The Morgan fingerprint density at radius 3 is 1.39 bits per heavy atom. The Labute approximate surface area is 512 Å². The number of anilines is 2. The first kappa shape index (κ1) is 77.7. The van der Waals surface area contributed by atoms with Gasteiger partial charge in [0.25, 0.3) is 0 Å². The smallest absolute Gasteiger partial charge is 0.412 e. The first-order valence-corrected chi connectivity index (χ1v) is 33.2. The van der Waals surface area contributed by atoms with E-state index >= 15 is 0 Å². The lowest BCUT2D eigenvalue weighted by molar-refractivity contribution is -0.167. The monoisotopic (exact) mass is 1200 g/mol. The van der Waals surface area contributed by atoms with Gasteiger partial charge in [-0.15, -0.1) is 0 Å². The Kier molecular flexibility index (Phi) is 50.5. The van der Waals surface area contributed by atoms with Crippen LogP contribution in [0, 0.1) is 6.92 Å². The molecule has 16 nitrogen and oxygen atoms in total. The van der Waals surface area contributed by atoms with Crippen molar-refractivity contribution >= 4 is 41.5 Å². The molecule has 0 spiro atoms. The molecule has 16 heteroatoms. The fourth-order valence-electron chi connectivity index (χ4n) is 9.50. The van der Waals surface area contributed by atoms with Crippen molar-refractivity contribution in [2.75, 3.05) is 30.5 Å². The number of aliphatic hydroxyl groups excluding tert-OH is 4. The van der Waals surface area contributed by atoms with Crippen molar-refractivity contribution in [3.63, 3.8) is 0 Å². The molecule has 0 saturated carbocycles. The topological polar surface area (TPSA) is 236 Å². The van der Waals surface area contributed by atoms with Gasteiger partial charge >= 0.3 is 30.1 Å². The number of unbranched alkanes of at least 4 members (excludes halogenated alkanes) is 24. The average molecular weight is 1200 g/mol. The first-order chi connectivity index (χ1) is 41.3.